The Hall–Kier alpha value is -3.40. The maximum Gasteiger partial charge on any atom is 0.0693 e. The summed E-state index contributed by atoms with van der Waals surface area (Å²) in [6.07, 6.45) is 13.8. The third-order valence-electron chi connectivity index (χ3n) is 6.92. The zero-order chi connectivity index (χ0) is 22.6. The van der Waals surface area contributed by atoms with Crippen LogP contribution in [0.4, 0.5) is 0 Å². The molecule has 0 unspecified atom stereocenters. The second-order valence-corrected chi connectivity index (χ2v) is 9.04. The van der Waals surface area contributed by atoms with Gasteiger partial charge in [-0.2, -0.15) is 0 Å². The molecule has 4 aliphatic rings. The predicted molar refractivity (Wildman–Crippen MR) is 135 cm³/mol. The van der Waals surface area contributed by atoms with E-state index in [1.165, 1.54) is 27.9 Å². The average Bonchev–Trinajstić information content (AvgIpc) is 3.44. The van der Waals surface area contributed by atoms with Crippen LogP contribution in [0.1, 0.15) is 39.7 Å². The molecule has 2 N–H and O–H groups in total. The molecule has 0 amide bonds. The molecule has 1 aromatic heterocycles. The van der Waals surface area contributed by atoms with E-state index < -0.39 is 0 Å². The van der Waals surface area contributed by atoms with Gasteiger partial charge in [-0.05, 0) is 91.5 Å². The normalized spacial score (nSPS) is 29.6. The van der Waals surface area contributed by atoms with E-state index in [1.807, 2.05) is 6.08 Å². The van der Waals surface area contributed by atoms with E-state index in [2.05, 4.69) is 87.9 Å². The highest BCUT2D eigenvalue weighted by Gasteiger charge is 2.29. The summed E-state index contributed by atoms with van der Waals surface area (Å²) in [5, 5.41) is 5.87. The molecule has 4 aliphatic heterocycles. The fourth-order valence-electron chi connectivity index (χ4n) is 5.00. The highest BCUT2D eigenvalue weighted by atomic mass is 15.0. The molecule has 32 heavy (non-hydrogen) atoms. The first kappa shape index (κ1) is 20.5. The molecule has 1 aromatic rings. The van der Waals surface area contributed by atoms with Crippen molar-refractivity contribution in [3.05, 3.63) is 92.6 Å². The van der Waals surface area contributed by atoms with Crippen LogP contribution < -0.4 is 16.0 Å². The number of aromatic nitrogens is 1. The molecule has 4 heteroatoms. The summed E-state index contributed by atoms with van der Waals surface area (Å²) in [4.78, 5) is 13.5. The molecule has 0 radical (unpaired) electrons. The summed E-state index contributed by atoms with van der Waals surface area (Å²) >= 11 is 0. The number of hydrogen-bond donors (Lipinski definition) is 2. The van der Waals surface area contributed by atoms with E-state index in [0.717, 1.165) is 45.6 Å². The van der Waals surface area contributed by atoms with Crippen molar-refractivity contribution >= 4 is 23.6 Å². The van der Waals surface area contributed by atoms with Crippen LogP contribution in [0, 0.1) is 12.8 Å². The first-order valence-electron chi connectivity index (χ1n) is 11.4. The van der Waals surface area contributed by atoms with Crippen LogP contribution >= 0.6 is 0 Å². The van der Waals surface area contributed by atoms with Gasteiger partial charge in [0, 0.05) is 22.3 Å². The smallest absolute Gasteiger partial charge is 0.0693 e. The molecule has 162 valence electrons. The van der Waals surface area contributed by atoms with Crippen molar-refractivity contribution < 1.29 is 0 Å². The zero-order valence-corrected chi connectivity index (χ0v) is 19.5. The molecular weight excluding hydrogens is 392 g/mol. The van der Waals surface area contributed by atoms with Gasteiger partial charge in [0.1, 0.15) is 0 Å². The Balaban J connectivity index is 1.78. The third kappa shape index (κ3) is 3.31. The van der Waals surface area contributed by atoms with Gasteiger partial charge in [-0.3, -0.25) is 0 Å². The first-order valence-corrected chi connectivity index (χ1v) is 11.4. The van der Waals surface area contributed by atoms with Crippen LogP contribution in [0.25, 0.3) is 12.2 Å². The number of nitrogens with zero attached hydrogens (tertiary/aromatic N) is 2. The molecule has 0 spiro atoms. The molecule has 0 saturated heterocycles. The Kier molecular flexibility index (Phi) is 4.89. The Bertz CT molecular complexity index is 1380. The van der Waals surface area contributed by atoms with Gasteiger partial charge < -0.3 is 10.3 Å². The van der Waals surface area contributed by atoms with Gasteiger partial charge >= 0.3 is 0 Å². The summed E-state index contributed by atoms with van der Waals surface area (Å²) in [7, 11) is 0. The second-order valence-electron chi connectivity index (χ2n) is 9.04. The minimum absolute atomic E-state index is 0.162. The lowest BCUT2D eigenvalue weighted by Crippen LogP contribution is -2.25. The first-order chi connectivity index (χ1) is 15.4. The van der Waals surface area contributed by atoms with Gasteiger partial charge in [0.25, 0.3) is 0 Å². The number of rotatable bonds is 2. The topological polar surface area (TPSA) is 52.5 Å². The molecule has 8 bridgehead atoms. The van der Waals surface area contributed by atoms with E-state index >= 15 is 0 Å². The number of hydrogen-bond acceptors (Lipinski definition) is 3. The average molecular weight is 423 g/mol. The van der Waals surface area contributed by atoms with Crippen molar-refractivity contribution in [2.75, 3.05) is 0 Å². The number of H-pyrrole nitrogens is 1. The van der Waals surface area contributed by atoms with Crippen molar-refractivity contribution in [1.29, 1.82) is 0 Å². The van der Waals surface area contributed by atoms with E-state index in [0.29, 0.717) is 5.92 Å². The lowest BCUT2D eigenvalue weighted by molar-refractivity contribution is 0.588. The van der Waals surface area contributed by atoms with Gasteiger partial charge in [0.2, 0.25) is 0 Å². The molecule has 5 rings (SSSR count). The van der Waals surface area contributed by atoms with Crippen molar-refractivity contribution in [3.63, 3.8) is 0 Å². The van der Waals surface area contributed by atoms with Crippen molar-refractivity contribution in [3.8, 4) is 0 Å². The van der Waals surface area contributed by atoms with Crippen molar-refractivity contribution in [2.24, 2.45) is 15.9 Å². The molecule has 4 nitrogen and oxygen atoms in total. The maximum atomic E-state index is 5.05. The van der Waals surface area contributed by atoms with Crippen LogP contribution in [0.2, 0.25) is 0 Å². The third-order valence-corrected chi connectivity index (χ3v) is 6.92. The summed E-state index contributed by atoms with van der Waals surface area (Å²) in [5.74, 6) is 0.304. The second kappa shape index (κ2) is 7.63. The number of fused-ring (bicyclic) bond motifs is 6. The standard InChI is InChI=1S/C28H30N4/c1-7-21-18(6)26-14-28-22(8-2)17(5)25(31-28)12-23-15(3)9-19(29-23)11-20-10-16(4)24(30-20)13-27(21)32-26/h8-14,17,25,30-31H,2,7H2,1,3-6H3/b20-11-,23-12-,24-13-,26-14-/t17-,25-/m1/s1. The number of aromatic amines is 1. The molecule has 0 fully saturated rings. The minimum Gasteiger partial charge on any atom is -0.378 e. The summed E-state index contributed by atoms with van der Waals surface area (Å²) in [6.45, 7) is 15.0. The fraction of sp³-hybridized carbons (Fsp3) is 0.286. The van der Waals surface area contributed by atoms with Gasteiger partial charge in [-0.1, -0.05) is 26.5 Å². The lowest BCUT2D eigenvalue weighted by atomic mass is 9.95. The number of aryl methyl sites for hydroxylation is 1. The molecular formula is C28H30N4. The quantitative estimate of drug-likeness (QED) is 0.734. The Morgan fingerprint density at radius 2 is 1.88 bits per heavy atom. The highest BCUT2D eigenvalue weighted by molar-refractivity contribution is 6.23. The Morgan fingerprint density at radius 1 is 1.06 bits per heavy atom. The van der Waals surface area contributed by atoms with Crippen molar-refractivity contribution in [2.45, 2.75) is 47.1 Å². The number of nitrogens with one attached hydrogen (secondary N) is 2. The highest BCUT2D eigenvalue weighted by Crippen LogP contribution is 2.34. The molecule has 5 heterocycles. The van der Waals surface area contributed by atoms with E-state index in [4.69, 9.17) is 9.98 Å². The molecule has 0 aromatic carbocycles. The van der Waals surface area contributed by atoms with Gasteiger partial charge in [-0.25, -0.2) is 9.98 Å². The molecule has 0 aliphatic carbocycles. The fourth-order valence-corrected chi connectivity index (χ4v) is 5.00. The van der Waals surface area contributed by atoms with Crippen LogP contribution in [-0.2, 0) is 0 Å². The zero-order valence-electron chi connectivity index (χ0n) is 19.5. The van der Waals surface area contributed by atoms with Gasteiger partial charge in [0.05, 0.1) is 28.9 Å². The van der Waals surface area contributed by atoms with Crippen molar-refractivity contribution in [1.82, 2.24) is 10.3 Å². The Labute approximate surface area is 189 Å². The van der Waals surface area contributed by atoms with Crippen LogP contribution in [0.5, 0.6) is 0 Å². The SMILES string of the molecule is C=CC1=C2/C=C3N=C(/C=c4\[nH]/c(cc4C)=C\C4=NC(=C\[C@@H](N2)[C@@H]1C)/C(C)=C4)C(CC)=C\3C. The molecule has 0 saturated carbocycles. The van der Waals surface area contributed by atoms with E-state index in [9.17, 15) is 0 Å². The predicted octanol–water partition coefficient (Wildman–Crippen LogP) is 4.30. The van der Waals surface area contributed by atoms with Gasteiger partial charge in [0.15, 0.2) is 0 Å². The summed E-state index contributed by atoms with van der Waals surface area (Å²) < 4.78 is 0. The number of aliphatic imine (C=N–C) groups is 2. The lowest BCUT2D eigenvalue weighted by Gasteiger charge is -2.14. The van der Waals surface area contributed by atoms with Crippen LogP contribution in [-0.4, -0.2) is 22.4 Å². The maximum absolute atomic E-state index is 5.05. The number of allylic oxidation sites excluding steroid dienone is 6. The minimum atomic E-state index is 0.162. The largest absolute Gasteiger partial charge is 0.378 e. The van der Waals surface area contributed by atoms with E-state index in [1.54, 1.807) is 0 Å². The summed E-state index contributed by atoms with van der Waals surface area (Å²) in [6, 6.07) is 2.34. The van der Waals surface area contributed by atoms with Crippen LogP contribution in [0.15, 0.2) is 86.3 Å². The summed E-state index contributed by atoms with van der Waals surface area (Å²) in [5.41, 5.74) is 11.3. The van der Waals surface area contributed by atoms with Crippen LogP contribution in [0.3, 0.4) is 0 Å². The van der Waals surface area contributed by atoms with E-state index in [-0.39, 0.29) is 6.04 Å². The van der Waals surface area contributed by atoms with Gasteiger partial charge in [-0.15, -0.1) is 0 Å². The monoisotopic (exact) mass is 422 g/mol. The molecule has 2 atom stereocenters. The Morgan fingerprint density at radius 3 is 2.62 bits per heavy atom.